The molecular weight excluding hydrogens is 1640 g/mol. The number of carbonyl (C=O) groups excluding carboxylic acids is 5. The van der Waals surface area contributed by atoms with Crippen LogP contribution in [0, 0.1) is 46.5 Å². The van der Waals surface area contributed by atoms with Crippen molar-refractivity contribution < 1.29 is 85.4 Å². The lowest BCUT2D eigenvalue weighted by Crippen LogP contribution is -3.00. The van der Waals surface area contributed by atoms with Crippen LogP contribution in [0.25, 0.3) is 33.4 Å². The van der Waals surface area contributed by atoms with E-state index in [0.29, 0.717) is 70.0 Å². The number of hydrogen-bond donors (Lipinski definition) is 0. The molecule has 116 heavy (non-hydrogen) atoms. The first kappa shape index (κ1) is 87.4. The Hall–Kier alpha value is -11.0. The molecule has 2 aromatic heterocycles. The summed E-state index contributed by atoms with van der Waals surface area (Å²) in [4.78, 5) is 69.2. The number of nitrogens with zero attached hydrogens (tertiary/aromatic N) is 4. The van der Waals surface area contributed by atoms with Crippen LogP contribution >= 0.6 is 46.4 Å². The third kappa shape index (κ3) is 23.4. The molecule has 2 aliphatic heterocycles. The number of amides is 1. The maximum absolute atomic E-state index is 13.9. The van der Waals surface area contributed by atoms with Gasteiger partial charge in [0.2, 0.25) is 0 Å². The van der Waals surface area contributed by atoms with Gasteiger partial charge >= 0.3 is 6.09 Å². The van der Waals surface area contributed by atoms with Crippen molar-refractivity contribution in [3.63, 3.8) is 0 Å². The van der Waals surface area contributed by atoms with Crippen molar-refractivity contribution >= 4 is 86.8 Å². The SMILES string of the molecule is CCOC(=O)N1CCC(Cl)=C(c2ccc(CC(=O)c3c(F)cccc3F)cc2)C1.O=C(Cc1ccc(-c2c[n+](Cc3ccccc3)ccc2Cl)cc1)c1c(F)cccc1F.O=C(Cc1ccc(-c2cnccc2Cl)cc1)c1c(F)cccc1F.O=C(Cc1ccc(C2=C(Cl)CCN(Cc3ccccc3)C2)cc1)c1c(F)cccc1F.[Br-]. The van der Waals surface area contributed by atoms with Crippen molar-refractivity contribution in [2.24, 2.45) is 0 Å². The highest BCUT2D eigenvalue weighted by atomic mass is 79.9. The first-order valence-electron chi connectivity index (χ1n) is 36.5. The fourth-order valence-corrected chi connectivity index (χ4v) is 13.9. The molecule has 0 bridgehead atoms. The summed E-state index contributed by atoms with van der Waals surface area (Å²) in [5.74, 6) is -9.20. The van der Waals surface area contributed by atoms with Crippen LogP contribution in [-0.2, 0) is 43.5 Å². The summed E-state index contributed by atoms with van der Waals surface area (Å²) in [5, 5.41) is 2.70. The summed E-state index contributed by atoms with van der Waals surface area (Å²) >= 11 is 25.4. The molecular formula is C93H73BrCl4F8N4O6. The van der Waals surface area contributed by atoms with E-state index in [1.54, 1.807) is 90.9 Å². The van der Waals surface area contributed by atoms with Crippen LogP contribution in [0.5, 0.6) is 0 Å². The van der Waals surface area contributed by atoms with Crippen LogP contribution < -0.4 is 21.5 Å². The highest BCUT2D eigenvalue weighted by Gasteiger charge is 2.27. The number of ether oxygens (including phenoxy) is 1. The Morgan fingerprint density at radius 2 is 0.750 bits per heavy atom. The highest BCUT2D eigenvalue weighted by molar-refractivity contribution is 6.34. The van der Waals surface area contributed by atoms with Crippen molar-refractivity contribution in [1.29, 1.82) is 0 Å². The number of benzene rings is 10. The molecule has 23 heteroatoms. The van der Waals surface area contributed by atoms with Gasteiger partial charge in [0, 0.05) is 97.9 Å². The average Bonchev–Trinajstić information content (AvgIpc) is 0.850. The van der Waals surface area contributed by atoms with Crippen LogP contribution in [0.2, 0.25) is 10.0 Å². The molecule has 2 aliphatic rings. The predicted octanol–water partition coefficient (Wildman–Crippen LogP) is 19.6. The van der Waals surface area contributed by atoms with Gasteiger partial charge in [-0.1, -0.05) is 228 Å². The number of carbonyl (C=O) groups is 5. The third-order valence-corrected chi connectivity index (χ3v) is 20.4. The molecule has 4 heterocycles. The lowest BCUT2D eigenvalue weighted by Gasteiger charge is -2.29. The second-order valence-corrected chi connectivity index (χ2v) is 28.6. The highest BCUT2D eigenvalue weighted by Crippen LogP contribution is 2.34. The van der Waals surface area contributed by atoms with E-state index in [4.69, 9.17) is 51.1 Å². The molecule has 14 rings (SSSR count). The van der Waals surface area contributed by atoms with Crippen molar-refractivity contribution in [3.8, 4) is 22.3 Å². The fourth-order valence-electron chi connectivity index (χ4n) is 13.0. The molecule has 592 valence electrons. The first-order valence-corrected chi connectivity index (χ1v) is 38.0. The maximum Gasteiger partial charge on any atom is 0.410 e. The van der Waals surface area contributed by atoms with Crippen LogP contribution in [0.1, 0.15) is 106 Å². The van der Waals surface area contributed by atoms with Gasteiger partial charge in [0.05, 0.1) is 51.0 Å². The summed E-state index contributed by atoms with van der Waals surface area (Å²) < 4.78 is 117. The third-order valence-electron chi connectivity index (χ3n) is 18.9. The van der Waals surface area contributed by atoms with E-state index in [1.165, 1.54) is 35.4 Å². The maximum atomic E-state index is 13.9. The van der Waals surface area contributed by atoms with Gasteiger partial charge in [0.15, 0.2) is 42.1 Å². The number of rotatable bonds is 21. The molecule has 10 aromatic carbocycles. The molecule has 1 amide bonds. The van der Waals surface area contributed by atoms with E-state index in [1.807, 2.05) is 91.3 Å². The molecule has 12 aromatic rings. The van der Waals surface area contributed by atoms with Crippen LogP contribution in [0.15, 0.2) is 278 Å². The largest absolute Gasteiger partial charge is 1.00 e. The number of pyridine rings is 2. The van der Waals surface area contributed by atoms with E-state index in [0.717, 1.165) is 124 Å². The zero-order valence-electron chi connectivity index (χ0n) is 62.2. The van der Waals surface area contributed by atoms with Gasteiger partial charge in [-0.25, -0.2) is 44.5 Å². The smallest absolute Gasteiger partial charge is 0.410 e. The summed E-state index contributed by atoms with van der Waals surface area (Å²) in [7, 11) is 0. The molecule has 0 spiro atoms. The number of Topliss-reactive ketones (excluding diaryl/α,β-unsaturated/α-hetero) is 4. The lowest BCUT2D eigenvalue weighted by atomic mass is 9.97. The van der Waals surface area contributed by atoms with Crippen molar-refractivity contribution in [2.45, 2.75) is 58.5 Å². The van der Waals surface area contributed by atoms with E-state index < -0.39 is 91.9 Å². The number of halogens is 13. The monoisotopic (exact) mass is 1710 g/mol. The molecule has 10 nitrogen and oxygen atoms in total. The predicted molar refractivity (Wildman–Crippen MR) is 433 cm³/mol. The zero-order chi connectivity index (χ0) is 81.7. The molecule has 0 saturated heterocycles. The number of hydrogen-bond acceptors (Lipinski definition) is 8. The second kappa shape index (κ2) is 42.0. The quantitative estimate of drug-likeness (QED) is 0.0397. The topological polar surface area (TPSA) is 118 Å². The van der Waals surface area contributed by atoms with E-state index in [2.05, 4.69) is 38.7 Å². The number of aromatic nitrogens is 2. The van der Waals surface area contributed by atoms with Crippen LogP contribution in [0.3, 0.4) is 0 Å². The fraction of sp³-hybridized carbons (Fsp3) is 0.151. The summed E-state index contributed by atoms with van der Waals surface area (Å²) in [6, 6.07) is 66.3. The molecule has 0 aliphatic carbocycles. The van der Waals surface area contributed by atoms with Gasteiger partial charge in [0.1, 0.15) is 46.5 Å². The molecule has 0 radical (unpaired) electrons. The van der Waals surface area contributed by atoms with Gasteiger partial charge in [-0.15, -0.1) is 0 Å². The van der Waals surface area contributed by atoms with Crippen LogP contribution in [0.4, 0.5) is 39.9 Å². The van der Waals surface area contributed by atoms with E-state index in [-0.39, 0.29) is 48.8 Å². The number of ketones is 4. The molecule has 0 saturated carbocycles. The first-order chi connectivity index (χ1) is 55.5. The summed E-state index contributed by atoms with van der Waals surface area (Å²) in [6.45, 7) is 6.08. The lowest BCUT2D eigenvalue weighted by molar-refractivity contribution is -0.687. The minimum atomic E-state index is -0.871. The Bertz CT molecular complexity index is 5480. The standard InChI is InChI=1S/C26H22ClF2NO.C26H19ClF2NO.C22H20ClF2NO3.C19H12ClF2NO.BrH/c2*27-22-13-14-30(16-19-5-2-1-3-6-19)17-21(22)20-11-9-18(10-12-20)15-25(31)26-23(28)7-4-8-24(26)29;1-2-29-22(28)26-11-10-17(23)16(13-26)15-8-6-14(7-9-15)12-20(27)21-18(24)4-3-5-19(21)25;20-15-8-9-23-11-14(15)13-6-4-12(5-7-13)10-18(24)19-16(21)2-1-3-17(19)22;/h1-12H,13-17H2;1-14,17H,15-16H2;3-9H,2,10-13H2,1H3;1-9,11H,10H2;1H/q;+1;;;/p-1. The summed E-state index contributed by atoms with van der Waals surface area (Å²) in [5.41, 5.74) is 10.1. The van der Waals surface area contributed by atoms with Crippen LogP contribution in [-0.4, -0.2) is 76.8 Å². The van der Waals surface area contributed by atoms with Gasteiger partial charge in [0.25, 0.3) is 0 Å². The van der Waals surface area contributed by atoms with Crippen molar-refractivity contribution in [1.82, 2.24) is 14.8 Å². The Morgan fingerprint density at radius 1 is 0.397 bits per heavy atom. The van der Waals surface area contributed by atoms with Gasteiger partial charge < -0.3 is 26.6 Å². The Kier molecular flexibility index (Phi) is 31.6. The van der Waals surface area contributed by atoms with Gasteiger partial charge in [-0.05, 0) is 129 Å². The molecule has 0 N–H and O–H groups in total. The molecule has 0 atom stereocenters. The zero-order valence-corrected chi connectivity index (χ0v) is 66.9. The van der Waals surface area contributed by atoms with Crippen molar-refractivity contribution in [2.75, 3.05) is 32.8 Å². The Morgan fingerprint density at radius 3 is 1.14 bits per heavy atom. The average molecular weight is 1720 g/mol. The Labute approximate surface area is 696 Å². The van der Waals surface area contributed by atoms with E-state index >= 15 is 0 Å². The Balaban J connectivity index is 0.000000164. The minimum absolute atomic E-state index is 0. The molecule has 0 unspecified atom stereocenters. The molecule has 0 fully saturated rings. The summed E-state index contributed by atoms with van der Waals surface area (Å²) in [6.07, 6.45) is 7.72. The normalized spacial score (nSPS) is 12.5. The van der Waals surface area contributed by atoms with Crippen molar-refractivity contribution in [3.05, 3.63) is 401 Å². The van der Waals surface area contributed by atoms with Gasteiger partial charge in [-0.3, -0.25) is 29.1 Å². The minimum Gasteiger partial charge on any atom is -1.00 e. The second-order valence-electron chi connectivity index (χ2n) is 26.9. The van der Waals surface area contributed by atoms with Gasteiger partial charge in [-0.2, -0.15) is 0 Å². The van der Waals surface area contributed by atoms with E-state index in [9.17, 15) is 59.1 Å².